The molecule has 0 saturated heterocycles. The van der Waals surface area contributed by atoms with Gasteiger partial charge in [-0.25, -0.2) is 9.50 Å². The van der Waals surface area contributed by atoms with Crippen LogP contribution >= 0.6 is 11.3 Å². The number of fused-ring (bicyclic) bond motifs is 1. The average molecular weight is 272 g/mol. The highest BCUT2D eigenvalue weighted by Crippen LogP contribution is 2.19. The summed E-state index contributed by atoms with van der Waals surface area (Å²) in [5.41, 5.74) is 2.46. The summed E-state index contributed by atoms with van der Waals surface area (Å²) >= 11 is 1.41. The first-order valence-corrected chi connectivity index (χ1v) is 6.64. The molecule has 0 unspecified atom stereocenters. The fourth-order valence-electron chi connectivity index (χ4n) is 1.93. The van der Waals surface area contributed by atoms with Crippen molar-refractivity contribution in [3.8, 4) is 0 Å². The number of amides is 1. The molecule has 0 bridgehead atoms. The van der Waals surface area contributed by atoms with E-state index in [1.165, 1.54) is 11.3 Å². The lowest BCUT2D eigenvalue weighted by molar-refractivity contribution is 0.103. The summed E-state index contributed by atoms with van der Waals surface area (Å²) in [6.07, 6.45) is 3.54. The van der Waals surface area contributed by atoms with Crippen LogP contribution in [0.15, 0.2) is 30.6 Å². The molecule has 3 aromatic rings. The van der Waals surface area contributed by atoms with Gasteiger partial charge in [0.2, 0.25) is 0 Å². The Morgan fingerprint density at radius 3 is 2.95 bits per heavy atom. The lowest BCUT2D eigenvalue weighted by atomic mass is 10.3. The monoisotopic (exact) mass is 272 g/mol. The van der Waals surface area contributed by atoms with E-state index in [-0.39, 0.29) is 5.91 Å². The van der Waals surface area contributed by atoms with E-state index in [1.807, 2.05) is 38.2 Å². The Kier molecular flexibility index (Phi) is 2.79. The Bertz CT molecular complexity index is 759. The van der Waals surface area contributed by atoms with E-state index >= 15 is 0 Å². The first-order valence-electron chi connectivity index (χ1n) is 5.82. The third-order valence-corrected chi connectivity index (χ3v) is 3.84. The maximum atomic E-state index is 12.2. The van der Waals surface area contributed by atoms with Crippen LogP contribution in [0, 0.1) is 13.8 Å². The largest absolute Gasteiger partial charge is 0.321 e. The average Bonchev–Trinajstić information content (AvgIpc) is 2.94. The van der Waals surface area contributed by atoms with Gasteiger partial charge in [-0.2, -0.15) is 5.10 Å². The van der Waals surface area contributed by atoms with Crippen molar-refractivity contribution in [2.24, 2.45) is 0 Å². The van der Waals surface area contributed by atoms with Crippen molar-refractivity contribution >= 4 is 28.4 Å². The topological polar surface area (TPSA) is 59.3 Å². The van der Waals surface area contributed by atoms with Crippen molar-refractivity contribution in [3.05, 3.63) is 46.2 Å². The number of hydrogen-bond donors (Lipinski definition) is 1. The van der Waals surface area contributed by atoms with E-state index in [4.69, 9.17) is 0 Å². The Balaban J connectivity index is 1.88. The summed E-state index contributed by atoms with van der Waals surface area (Å²) in [6.45, 7) is 3.74. The van der Waals surface area contributed by atoms with Gasteiger partial charge >= 0.3 is 0 Å². The van der Waals surface area contributed by atoms with Crippen molar-refractivity contribution in [2.75, 3.05) is 5.32 Å². The minimum atomic E-state index is -0.119. The molecule has 0 radical (unpaired) electrons. The number of anilines is 1. The quantitative estimate of drug-likeness (QED) is 0.780. The zero-order valence-corrected chi connectivity index (χ0v) is 11.4. The molecular formula is C13H12N4OS. The Morgan fingerprint density at radius 1 is 1.37 bits per heavy atom. The Labute approximate surface area is 113 Å². The third kappa shape index (κ3) is 2.22. The van der Waals surface area contributed by atoms with Crippen LogP contribution < -0.4 is 5.32 Å². The molecule has 1 N–H and O–H groups in total. The van der Waals surface area contributed by atoms with Crippen LogP contribution in [0.5, 0.6) is 0 Å². The lowest BCUT2D eigenvalue weighted by Gasteiger charge is -2.04. The first kappa shape index (κ1) is 11.9. The maximum Gasteiger partial charge on any atom is 0.267 e. The second-order valence-corrected chi connectivity index (χ2v) is 5.42. The molecule has 0 atom stereocenters. The van der Waals surface area contributed by atoms with E-state index in [0.29, 0.717) is 4.88 Å². The molecule has 0 aliphatic carbocycles. The molecule has 5 nitrogen and oxygen atoms in total. The van der Waals surface area contributed by atoms with Gasteiger partial charge in [0.25, 0.3) is 5.91 Å². The predicted molar refractivity (Wildman–Crippen MR) is 74.7 cm³/mol. The number of thiazole rings is 1. The molecule has 0 aliphatic rings. The molecule has 3 heterocycles. The van der Waals surface area contributed by atoms with Gasteiger partial charge in [-0.15, -0.1) is 11.3 Å². The fourth-order valence-corrected chi connectivity index (χ4v) is 2.74. The van der Waals surface area contributed by atoms with E-state index < -0.39 is 0 Å². The molecule has 3 aromatic heterocycles. The molecular weight excluding hydrogens is 260 g/mol. The molecule has 0 saturated carbocycles. The van der Waals surface area contributed by atoms with Gasteiger partial charge in [0.1, 0.15) is 4.88 Å². The number of aryl methyl sites for hydroxylation is 2. The van der Waals surface area contributed by atoms with Crippen LogP contribution in [0.25, 0.3) is 5.52 Å². The summed E-state index contributed by atoms with van der Waals surface area (Å²) in [6, 6.07) is 5.59. The van der Waals surface area contributed by atoms with Crippen molar-refractivity contribution in [1.82, 2.24) is 14.6 Å². The third-order valence-electron chi connectivity index (χ3n) is 2.77. The number of nitrogens with zero attached hydrogens (tertiary/aromatic N) is 3. The van der Waals surface area contributed by atoms with E-state index in [2.05, 4.69) is 15.4 Å². The molecule has 6 heteroatoms. The highest BCUT2D eigenvalue weighted by molar-refractivity contribution is 7.13. The van der Waals surface area contributed by atoms with Gasteiger partial charge in [0.15, 0.2) is 0 Å². The van der Waals surface area contributed by atoms with E-state index in [9.17, 15) is 4.79 Å². The number of carbonyl (C=O) groups is 1. The van der Waals surface area contributed by atoms with Gasteiger partial charge in [-0.1, -0.05) is 0 Å². The standard InChI is InChI=1S/C13H12N4OS/c1-8-12(19-9(2)15-8)13(18)16-10-4-6-17-11(7-10)3-5-14-17/h3-7H,1-2H3,(H,16,18). The van der Waals surface area contributed by atoms with Crippen molar-refractivity contribution in [2.45, 2.75) is 13.8 Å². The van der Waals surface area contributed by atoms with E-state index in [1.54, 1.807) is 10.7 Å². The van der Waals surface area contributed by atoms with Gasteiger partial charge in [0, 0.05) is 18.1 Å². The molecule has 0 fully saturated rings. The zero-order valence-electron chi connectivity index (χ0n) is 10.5. The van der Waals surface area contributed by atoms with E-state index in [0.717, 1.165) is 21.9 Å². The fraction of sp³-hybridized carbons (Fsp3) is 0.154. The van der Waals surface area contributed by atoms with Crippen LogP contribution in [0.2, 0.25) is 0 Å². The second-order valence-electron chi connectivity index (χ2n) is 4.22. The van der Waals surface area contributed by atoms with Gasteiger partial charge in [-0.05, 0) is 32.0 Å². The lowest BCUT2D eigenvalue weighted by Crippen LogP contribution is -2.11. The minimum Gasteiger partial charge on any atom is -0.321 e. The number of pyridine rings is 1. The Hall–Kier alpha value is -2.21. The molecule has 19 heavy (non-hydrogen) atoms. The molecule has 96 valence electrons. The van der Waals surface area contributed by atoms with Gasteiger partial charge in [-0.3, -0.25) is 4.79 Å². The smallest absolute Gasteiger partial charge is 0.267 e. The summed E-state index contributed by atoms with van der Waals surface area (Å²) in [4.78, 5) is 17.1. The number of nitrogens with one attached hydrogen (secondary N) is 1. The minimum absolute atomic E-state index is 0.119. The van der Waals surface area contributed by atoms with Crippen LogP contribution in [0.3, 0.4) is 0 Å². The summed E-state index contributed by atoms with van der Waals surface area (Å²) in [7, 11) is 0. The van der Waals surface area contributed by atoms with Crippen molar-refractivity contribution in [1.29, 1.82) is 0 Å². The molecule has 0 aliphatic heterocycles. The second kappa shape index (κ2) is 4.47. The van der Waals surface area contributed by atoms with Crippen LogP contribution in [-0.4, -0.2) is 20.5 Å². The van der Waals surface area contributed by atoms with Crippen molar-refractivity contribution in [3.63, 3.8) is 0 Å². The summed E-state index contributed by atoms with van der Waals surface area (Å²) in [5, 5.41) is 7.89. The van der Waals surface area contributed by atoms with Crippen LogP contribution in [0.1, 0.15) is 20.4 Å². The predicted octanol–water partition coefficient (Wildman–Crippen LogP) is 2.66. The van der Waals surface area contributed by atoms with Crippen molar-refractivity contribution < 1.29 is 4.79 Å². The zero-order chi connectivity index (χ0) is 13.4. The maximum absolute atomic E-state index is 12.2. The summed E-state index contributed by atoms with van der Waals surface area (Å²) < 4.78 is 1.75. The highest BCUT2D eigenvalue weighted by Gasteiger charge is 2.13. The molecule has 1 amide bonds. The SMILES string of the molecule is Cc1nc(C)c(C(=O)Nc2ccn3nccc3c2)s1. The first-order chi connectivity index (χ1) is 9.13. The van der Waals surface area contributed by atoms with Gasteiger partial charge < -0.3 is 5.32 Å². The van der Waals surface area contributed by atoms with Crippen LogP contribution in [-0.2, 0) is 0 Å². The normalized spacial score (nSPS) is 10.8. The number of carbonyl (C=O) groups excluding carboxylic acids is 1. The number of hydrogen-bond acceptors (Lipinski definition) is 4. The number of rotatable bonds is 2. The highest BCUT2D eigenvalue weighted by atomic mass is 32.1. The number of aromatic nitrogens is 3. The molecule has 0 aromatic carbocycles. The molecule has 3 rings (SSSR count). The summed E-state index contributed by atoms with van der Waals surface area (Å²) in [5.74, 6) is -0.119. The molecule has 0 spiro atoms. The van der Waals surface area contributed by atoms with Gasteiger partial charge in [0.05, 0.1) is 16.2 Å². The van der Waals surface area contributed by atoms with Crippen LogP contribution in [0.4, 0.5) is 5.69 Å². The Morgan fingerprint density at radius 2 is 2.21 bits per heavy atom.